The second kappa shape index (κ2) is 18.1. The molecule has 0 saturated carbocycles. The van der Waals surface area contributed by atoms with Gasteiger partial charge in [-0.1, -0.05) is 193 Å². The van der Waals surface area contributed by atoms with Crippen molar-refractivity contribution in [3.05, 3.63) is 253 Å². The molecule has 0 aromatic heterocycles. The minimum atomic E-state index is -0.195. The summed E-state index contributed by atoms with van der Waals surface area (Å²) in [6, 6.07) is 88.2. The maximum atomic E-state index is 2.63. The van der Waals surface area contributed by atoms with E-state index in [-0.39, 0.29) is 17.7 Å². The molecule has 2 heterocycles. The molecule has 0 radical (unpaired) electrons. The van der Waals surface area contributed by atoms with Gasteiger partial charge < -0.3 is 14.6 Å². The molecule has 0 amide bonds. The third-order valence-corrected chi connectivity index (χ3v) is 15.1. The van der Waals surface area contributed by atoms with Crippen LogP contribution < -0.4 is 25.5 Å². The van der Waals surface area contributed by atoms with Crippen molar-refractivity contribution in [3.8, 4) is 44.5 Å². The molecule has 0 N–H and O–H groups in total. The molecule has 10 aromatic rings. The number of hydrogen-bond donors (Lipinski definition) is 0. The molecule has 0 atom stereocenters. The lowest BCUT2D eigenvalue weighted by molar-refractivity contribution is 0.590. The molecule has 73 heavy (non-hydrogen) atoms. The molecule has 354 valence electrons. The molecule has 0 unspecified atom stereocenters. The number of anilines is 8. The zero-order valence-electron chi connectivity index (χ0n) is 42.9. The summed E-state index contributed by atoms with van der Waals surface area (Å²) in [5, 5.41) is 0. The van der Waals surface area contributed by atoms with E-state index in [1.54, 1.807) is 0 Å². The van der Waals surface area contributed by atoms with E-state index in [9.17, 15) is 0 Å². The van der Waals surface area contributed by atoms with Crippen molar-refractivity contribution >= 4 is 63.3 Å². The number of benzene rings is 10. The van der Waals surface area contributed by atoms with Crippen molar-refractivity contribution in [1.29, 1.82) is 0 Å². The van der Waals surface area contributed by atoms with Crippen LogP contribution in [0.1, 0.15) is 58.2 Å². The van der Waals surface area contributed by atoms with Gasteiger partial charge in [0.25, 0.3) is 0 Å². The first-order chi connectivity index (χ1) is 35.4. The Hall–Kier alpha value is -8.34. The van der Waals surface area contributed by atoms with Crippen molar-refractivity contribution < 1.29 is 0 Å². The van der Waals surface area contributed by atoms with Crippen LogP contribution in [0.3, 0.4) is 0 Å². The summed E-state index contributed by atoms with van der Waals surface area (Å²) < 4.78 is 0. The summed E-state index contributed by atoms with van der Waals surface area (Å²) in [6.07, 6.45) is 0. The Morgan fingerprint density at radius 1 is 0.356 bits per heavy atom. The molecule has 2 aliphatic heterocycles. The van der Waals surface area contributed by atoms with Gasteiger partial charge in [-0.15, -0.1) is 0 Å². The molecule has 12 rings (SSSR count). The summed E-state index contributed by atoms with van der Waals surface area (Å²) >= 11 is 0. The average Bonchev–Trinajstić information content (AvgIpc) is 3.42. The van der Waals surface area contributed by atoms with E-state index in [1.807, 2.05) is 0 Å². The van der Waals surface area contributed by atoms with Gasteiger partial charge in [-0.3, -0.25) is 0 Å². The summed E-state index contributed by atoms with van der Waals surface area (Å²) in [7, 11) is 0. The molecule has 10 aromatic carbocycles. The van der Waals surface area contributed by atoms with E-state index >= 15 is 0 Å². The second-order valence-electron chi connectivity index (χ2n) is 21.9. The highest BCUT2D eigenvalue weighted by molar-refractivity contribution is 6.93. The number of aryl methyl sites for hydroxylation is 1. The summed E-state index contributed by atoms with van der Waals surface area (Å²) in [6.45, 7) is 15.8. The van der Waals surface area contributed by atoms with Gasteiger partial charge in [0.15, 0.2) is 0 Å². The van der Waals surface area contributed by atoms with Crippen LogP contribution in [0.25, 0.3) is 44.5 Å². The van der Waals surface area contributed by atoms with Gasteiger partial charge in [-0.05, 0) is 169 Å². The highest BCUT2D eigenvalue weighted by atomic mass is 15.2. The predicted molar refractivity (Wildman–Crippen MR) is 313 cm³/mol. The second-order valence-corrected chi connectivity index (χ2v) is 21.9. The monoisotopic (exact) mass is 941 g/mol. The van der Waals surface area contributed by atoms with Gasteiger partial charge >= 0.3 is 6.85 Å². The van der Waals surface area contributed by atoms with Crippen LogP contribution in [0.15, 0.2) is 237 Å². The lowest BCUT2D eigenvalue weighted by atomic mass is 9.43. The zero-order valence-corrected chi connectivity index (χ0v) is 42.9. The van der Waals surface area contributed by atoms with Crippen LogP contribution in [0.4, 0.5) is 45.5 Å². The quantitative estimate of drug-likeness (QED) is 0.141. The fourth-order valence-electron chi connectivity index (χ4n) is 11.2. The fraction of sp³-hybridized carbons (Fsp3) is 0.130. The summed E-state index contributed by atoms with van der Waals surface area (Å²) in [5.74, 6) is 0. The molecule has 0 aliphatic carbocycles. The van der Waals surface area contributed by atoms with Gasteiger partial charge in [0.1, 0.15) is 0 Å². The normalized spacial score (nSPS) is 12.8. The number of para-hydroxylation sites is 1. The number of fused-ring (bicyclic) bond motifs is 4. The summed E-state index contributed by atoms with van der Waals surface area (Å²) in [4.78, 5) is 7.65. The average molecular weight is 942 g/mol. The van der Waals surface area contributed by atoms with Crippen LogP contribution in [-0.2, 0) is 10.8 Å². The predicted octanol–water partition coefficient (Wildman–Crippen LogP) is 17.8. The topological polar surface area (TPSA) is 9.72 Å². The molecule has 4 heteroatoms. The van der Waals surface area contributed by atoms with Crippen LogP contribution >= 0.6 is 0 Å². The molecule has 0 saturated heterocycles. The fourth-order valence-corrected chi connectivity index (χ4v) is 11.2. The van der Waals surface area contributed by atoms with Gasteiger partial charge in [-0.25, -0.2) is 0 Å². The maximum Gasteiger partial charge on any atom is 0.333 e. The first-order valence-corrected chi connectivity index (χ1v) is 25.8. The smallest absolute Gasteiger partial charge is 0.333 e. The Balaban J connectivity index is 1.15. The Morgan fingerprint density at radius 2 is 0.863 bits per heavy atom. The highest BCUT2D eigenvalue weighted by Gasteiger charge is 2.46. The molecule has 3 nitrogen and oxygen atoms in total. The van der Waals surface area contributed by atoms with E-state index < -0.39 is 0 Å². The van der Waals surface area contributed by atoms with Crippen LogP contribution in [-0.4, -0.2) is 6.85 Å². The Kier molecular flexibility index (Phi) is 11.3. The number of hydrogen-bond acceptors (Lipinski definition) is 3. The zero-order chi connectivity index (χ0) is 50.0. The lowest BCUT2D eigenvalue weighted by Crippen LogP contribution is -2.61. The van der Waals surface area contributed by atoms with Crippen molar-refractivity contribution in [3.63, 3.8) is 0 Å². The van der Waals surface area contributed by atoms with Crippen LogP contribution in [0.5, 0.6) is 0 Å². The standard InChI is InChI=1S/C69H60BN3/c1-47-42-52(49-22-13-9-14-23-49)30-40-63(47)72-65-41-39-58(71(56-35-31-54(32-36-56)68(2,3)4)57-37-33-55(34-38-57)69(5,6)7)46-62(65)70-67-61(44-53(45-66(67)72)50-24-15-10-16-25-50)60-28-17-18-29-64(60)73(70)59-27-19-26-51(43-59)48-20-11-8-12-21-48/h8-46H,1-7H3. The maximum absolute atomic E-state index is 2.63. The van der Waals surface area contributed by atoms with E-state index in [4.69, 9.17) is 0 Å². The Morgan fingerprint density at radius 3 is 1.44 bits per heavy atom. The minimum Gasteiger partial charge on any atom is -0.376 e. The van der Waals surface area contributed by atoms with Gasteiger partial charge in [0, 0.05) is 51.1 Å². The van der Waals surface area contributed by atoms with E-state index in [0.29, 0.717) is 0 Å². The van der Waals surface area contributed by atoms with Gasteiger partial charge in [0.05, 0.1) is 0 Å². The number of nitrogens with zero attached hydrogens (tertiary/aromatic N) is 3. The Bertz CT molecular complexity index is 3590. The first kappa shape index (κ1) is 45.8. The van der Waals surface area contributed by atoms with Crippen molar-refractivity contribution in [2.75, 3.05) is 14.6 Å². The molecule has 2 aliphatic rings. The van der Waals surface area contributed by atoms with E-state index in [2.05, 4.69) is 300 Å². The van der Waals surface area contributed by atoms with Crippen molar-refractivity contribution in [2.45, 2.75) is 59.3 Å². The summed E-state index contributed by atoms with van der Waals surface area (Å²) in [5.41, 5.74) is 25.2. The third kappa shape index (κ3) is 8.31. The third-order valence-electron chi connectivity index (χ3n) is 15.1. The van der Waals surface area contributed by atoms with Crippen molar-refractivity contribution in [1.82, 2.24) is 0 Å². The molecular weight excluding hydrogens is 882 g/mol. The lowest BCUT2D eigenvalue weighted by Gasteiger charge is -2.46. The molecule has 0 bridgehead atoms. The molecule has 0 fully saturated rings. The number of rotatable bonds is 8. The minimum absolute atomic E-state index is 0.0223. The van der Waals surface area contributed by atoms with Gasteiger partial charge in [-0.2, -0.15) is 0 Å². The van der Waals surface area contributed by atoms with E-state index in [0.717, 1.165) is 34.1 Å². The van der Waals surface area contributed by atoms with Gasteiger partial charge in [0.2, 0.25) is 0 Å². The largest absolute Gasteiger partial charge is 0.376 e. The Labute approximate surface area is 432 Å². The first-order valence-electron chi connectivity index (χ1n) is 25.8. The van der Waals surface area contributed by atoms with Crippen LogP contribution in [0, 0.1) is 6.92 Å². The SMILES string of the molecule is Cc1cc(-c2ccccc2)ccc1N1c2ccc(N(c3ccc(C(C)(C)C)cc3)c3ccc(C(C)(C)C)cc3)cc2B2c3c(cc(-c4ccccc4)cc31)-c1ccccc1N2c1cccc(-c2ccccc2)c1. The highest BCUT2D eigenvalue weighted by Crippen LogP contribution is 2.50. The van der Waals surface area contributed by atoms with Crippen molar-refractivity contribution in [2.24, 2.45) is 0 Å². The van der Waals surface area contributed by atoms with E-state index in [1.165, 1.54) is 83.5 Å². The molecular formula is C69H60BN3. The van der Waals surface area contributed by atoms with Crippen LogP contribution in [0.2, 0.25) is 0 Å². The molecule has 0 spiro atoms.